The van der Waals surface area contributed by atoms with Crippen LogP contribution in [0.4, 0.5) is 0 Å². The van der Waals surface area contributed by atoms with E-state index in [4.69, 9.17) is 5.73 Å². The third kappa shape index (κ3) is 2.75. The molecule has 1 amide bonds. The summed E-state index contributed by atoms with van der Waals surface area (Å²) in [4.78, 5) is 11.1. The first kappa shape index (κ1) is 14.4. The quantitative estimate of drug-likeness (QED) is 0.755. The first-order valence-corrected chi connectivity index (χ1v) is 7.60. The van der Waals surface area contributed by atoms with Crippen LogP contribution in [0.1, 0.15) is 25.8 Å². The van der Waals surface area contributed by atoms with Crippen LogP contribution in [0, 0.1) is 0 Å². The van der Waals surface area contributed by atoms with E-state index in [1.54, 1.807) is 0 Å². The molecule has 0 bridgehead atoms. The van der Waals surface area contributed by atoms with Gasteiger partial charge in [-0.05, 0) is 31.0 Å². The van der Waals surface area contributed by atoms with E-state index in [1.807, 2.05) is 18.2 Å². The molecule has 1 atom stereocenters. The predicted octanol–water partition coefficient (Wildman–Crippen LogP) is 4.13. The molecular formula is C19H20N2O. The number of benzene rings is 2. The summed E-state index contributed by atoms with van der Waals surface area (Å²) in [7, 11) is 0. The van der Waals surface area contributed by atoms with Gasteiger partial charge < -0.3 is 10.3 Å². The lowest BCUT2D eigenvalue weighted by atomic mass is 10.1. The standard InChI is InChI=1S/C19H20N2O/c1-14(11-12-19(20)22)21-17-10-6-5-9-16(17)13-18(21)15-7-3-2-4-8-15/h2-10,13-14H,11-12H2,1H3,(H2,20,22). The molecule has 0 fully saturated rings. The number of carbonyl (C=O) groups is 1. The van der Waals surface area contributed by atoms with Crippen LogP contribution >= 0.6 is 0 Å². The summed E-state index contributed by atoms with van der Waals surface area (Å²) in [5, 5.41) is 1.22. The highest BCUT2D eigenvalue weighted by atomic mass is 16.1. The van der Waals surface area contributed by atoms with E-state index >= 15 is 0 Å². The Bertz CT molecular complexity index is 790. The van der Waals surface area contributed by atoms with Crippen LogP contribution in [-0.4, -0.2) is 10.5 Å². The Labute approximate surface area is 130 Å². The molecule has 3 nitrogen and oxygen atoms in total. The summed E-state index contributed by atoms with van der Waals surface area (Å²) in [6.45, 7) is 2.14. The van der Waals surface area contributed by atoms with Crippen molar-refractivity contribution in [3.63, 3.8) is 0 Å². The van der Waals surface area contributed by atoms with Gasteiger partial charge in [-0.2, -0.15) is 0 Å². The fraction of sp³-hybridized carbons (Fsp3) is 0.211. The number of hydrogen-bond donors (Lipinski definition) is 1. The molecule has 0 aliphatic heterocycles. The van der Waals surface area contributed by atoms with E-state index < -0.39 is 0 Å². The maximum atomic E-state index is 11.1. The maximum Gasteiger partial charge on any atom is 0.217 e. The molecule has 3 aromatic rings. The van der Waals surface area contributed by atoms with E-state index in [1.165, 1.54) is 22.2 Å². The predicted molar refractivity (Wildman–Crippen MR) is 90.5 cm³/mol. The first-order chi connectivity index (χ1) is 10.7. The second-order valence-electron chi connectivity index (χ2n) is 5.68. The summed E-state index contributed by atoms with van der Waals surface area (Å²) in [5.41, 5.74) is 8.86. The van der Waals surface area contributed by atoms with E-state index in [0.717, 1.165) is 6.42 Å². The molecule has 1 heterocycles. The van der Waals surface area contributed by atoms with Gasteiger partial charge in [0, 0.05) is 29.1 Å². The molecule has 0 saturated heterocycles. The van der Waals surface area contributed by atoms with Crippen molar-refractivity contribution in [1.29, 1.82) is 0 Å². The van der Waals surface area contributed by atoms with Crippen LogP contribution in [0.15, 0.2) is 60.7 Å². The number of rotatable bonds is 5. The third-order valence-electron chi connectivity index (χ3n) is 4.07. The molecule has 1 unspecified atom stereocenters. The van der Waals surface area contributed by atoms with Crippen LogP contribution in [0.25, 0.3) is 22.2 Å². The van der Waals surface area contributed by atoms with Crippen LogP contribution in [0.3, 0.4) is 0 Å². The van der Waals surface area contributed by atoms with E-state index in [2.05, 4.69) is 54.0 Å². The van der Waals surface area contributed by atoms with Gasteiger partial charge >= 0.3 is 0 Å². The van der Waals surface area contributed by atoms with Crippen molar-refractivity contribution in [2.45, 2.75) is 25.8 Å². The number of primary amides is 1. The Morgan fingerprint density at radius 1 is 1.09 bits per heavy atom. The van der Waals surface area contributed by atoms with Gasteiger partial charge in [0.25, 0.3) is 0 Å². The molecule has 22 heavy (non-hydrogen) atoms. The second-order valence-corrected chi connectivity index (χ2v) is 5.68. The fourth-order valence-electron chi connectivity index (χ4n) is 2.96. The molecule has 1 aromatic heterocycles. The second kappa shape index (κ2) is 6.06. The van der Waals surface area contributed by atoms with Gasteiger partial charge in [0.2, 0.25) is 5.91 Å². The fourth-order valence-corrected chi connectivity index (χ4v) is 2.96. The van der Waals surface area contributed by atoms with E-state index in [0.29, 0.717) is 6.42 Å². The van der Waals surface area contributed by atoms with Crippen molar-refractivity contribution >= 4 is 16.8 Å². The minimum absolute atomic E-state index is 0.211. The third-order valence-corrected chi connectivity index (χ3v) is 4.07. The maximum absolute atomic E-state index is 11.1. The van der Waals surface area contributed by atoms with Crippen LogP contribution < -0.4 is 5.73 Å². The van der Waals surface area contributed by atoms with Gasteiger partial charge in [0.1, 0.15) is 0 Å². The van der Waals surface area contributed by atoms with E-state index in [9.17, 15) is 4.79 Å². The molecule has 2 N–H and O–H groups in total. The number of nitrogens with two attached hydrogens (primary N) is 1. The molecule has 112 valence electrons. The lowest BCUT2D eigenvalue weighted by Crippen LogP contribution is -2.14. The summed E-state index contributed by atoms with van der Waals surface area (Å²) in [5.74, 6) is -0.246. The highest BCUT2D eigenvalue weighted by Crippen LogP contribution is 2.32. The van der Waals surface area contributed by atoms with Gasteiger partial charge in [0.05, 0.1) is 0 Å². The topological polar surface area (TPSA) is 48.0 Å². The van der Waals surface area contributed by atoms with Gasteiger partial charge in [-0.15, -0.1) is 0 Å². The number of para-hydroxylation sites is 1. The molecule has 2 aromatic carbocycles. The molecule has 3 rings (SSSR count). The van der Waals surface area contributed by atoms with Gasteiger partial charge in [-0.3, -0.25) is 4.79 Å². The Balaban J connectivity index is 2.11. The van der Waals surface area contributed by atoms with Gasteiger partial charge in [-0.1, -0.05) is 48.5 Å². The Morgan fingerprint density at radius 3 is 2.50 bits per heavy atom. The van der Waals surface area contributed by atoms with Crippen LogP contribution in [-0.2, 0) is 4.79 Å². The number of aromatic nitrogens is 1. The zero-order valence-corrected chi connectivity index (χ0v) is 12.7. The first-order valence-electron chi connectivity index (χ1n) is 7.60. The van der Waals surface area contributed by atoms with Crippen molar-refractivity contribution in [1.82, 2.24) is 4.57 Å². The smallest absolute Gasteiger partial charge is 0.217 e. The van der Waals surface area contributed by atoms with Crippen LogP contribution in [0.2, 0.25) is 0 Å². The number of amides is 1. The highest BCUT2D eigenvalue weighted by Gasteiger charge is 2.15. The Morgan fingerprint density at radius 2 is 1.77 bits per heavy atom. The average Bonchev–Trinajstić information content (AvgIpc) is 2.93. The molecule has 0 aliphatic rings. The number of hydrogen-bond acceptors (Lipinski definition) is 1. The summed E-state index contributed by atoms with van der Waals surface area (Å²) in [6.07, 6.45) is 1.15. The largest absolute Gasteiger partial charge is 0.370 e. The number of carbonyl (C=O) groups excluding carboxylic acids is 1. The summed E-state index contributed by atoms with van der Waals surface area (Å²) in [6, 6.07) is 21.1. The number of nitrogens with zero attached hydrogens (tertiary/aromatic N) is 1. The lowest BCUT2D eigenvalue weighted by Gasteiger charge is -2.18. The minimum atomic E-state index is -0.246. The molecular weight excluding hydrogens is 272 g/mol. The molecule has 3 heteroatoms. The van der Waals surface area contributed by atoms with E-state index in [-0.39, 0.29) is 11.9 Å². The Hall–Kier alpha value is -2.55. The highest BCUT2D eigenvalue weighted by molar-refractivity contribution is 5.87. The summed E-state index contributed by atoms with van der Waals surface area (Å²) >= 11 is 0. The normalized spacial score (nSPS) is 12.4. The molecule has 0 saturated carbocycles. The molecule has 0 radical (unpaired) electrons. The van der Waals surface area contributed by atoms with Crippen molar-refractivity contribution in [3.8, 4) is 11.3 Å². The van der Waals surface area contributed by atoms with Crippen molar-refractivity contribution < 1.29 is 4.79 Å². The van der Waals surface area contributed by atoms with Crippen LogP contribution in [0.5, 0.6) is 0 Å². The minimum Gasteiger partial charge on any atom is -0.370 e. The summed E-state index contributed by atoms with van der Waals surface area (Å²) < 4.78 is 2.31. The van der Waals surface area contributed by atoms with Crippen molar-refractivity contribution in [2.24, 2.45) is 5.73 Å². The molecule has 0 aliphatic carbocycles. The van der Waals surface area contributed by atoms with Crippen molar-refractivity contribution in [2.75, 3.05) is 0 Å². The molecule has 0 spiro atoms. The van der Waals surface area contributed by atoms with Crippen molar-refractivity contribution in [3.05, 3.63) is 60.7 Å². The lowest BCUT2D eigenvalue weighted by molar-refractivity contribution is -0.118. The zero-order valence-electron chi connectivity index (χ0n) is 12.7. The van der Waals surface area contributed by atoms with Gasteiger partial charge in [0.15, 0.2) is 0 Å². The SMILES string of the molecule is CC(CCC(N)=O)n1c(-c2ccccc2)cc2ccccc21. The number of fused-ring (bicyclic) bond motifs is 1. The van der Waals surface area contributed by atoms with Gasteiger partial charge in [-0.25, -0.2) is 0 Å². The zero-order chi connectivity index (χ0) is 15.5. The monoisotopic (exact) mass is 292 g/mol. The average molecular weight is 292 g/mol. The Kier molecular flexibility index (Phi) is 3.96.